The molecule has 3 aromatic rings. The molecule has 0 aliphatic heterocycles. The molecule has 8 heteroatoms. The Balaban J connectivity index is 2.44. The molecule has 6 nitrogen and oxygen atoms in total. The average molecular weight is 509 g/mol. The molecule has 0 spiro atoms. The summed E-state index contributed by atoms with van der Waals surface area (Å²) in [6, 6.07) is 17.2. The third kappa shape index (κ3) is 5.37. The van der Waals surface area contributed by atoms with Gasteiger partial charge in [0.2, 0.25) is 0 Å². The minimum absolute atomic E-state index is 0.388. The van der Waals surface area contributed by atoms with Crippen molar-refractivity contribution in [2.24, 2.45) is 0 Å². The van der Waals surface area contributed by atoms with Crippen LogP contribution in [0, 0.1) is 17.7 Å². The van der Waals surface area contributed by atoms with Gasteiger partial charge in [0.25, 0.3) is 0 Å². The third-order valence-electron chi connectivity index (χ3n) is 5.72. The lowest BCUT2D eigenvalue weighted by molar-refractivity contribution is -0.141. The van der Waals surface area contributed by atoms with Crippen molar-refractivity contribution in [2.75, 3.05) is 7.11 Å². The van der Waals surface area contributed by atoms with Gasteiger partial charge in [-0.25, -0.2) is 9.18 Å². The van der Waals surface area contributed by atoms with Crippen molar-refractivity contribution >= 4 is 14.0 Å². The van der Waals surface area contributed by atoms with Crippen LogP contribution in [-0.2, 0) is 19.3 Å². The number of carbonyl (C=O) groups is 1. The van der Waals surface area contributed by atoms with E-state index in [2.05, 4.69) is 11.8 Å². The predicted molar refractivity (Wildman–Crippen MR) is 137 cm³/mol. The normalized spacial score (nSPS) is 14.2. The number of pyridine rings is 1. The molecule has 0 saturated heterocycles. The molecule has 0 aliphatic carbocycles. The number of aliphatic carboxylic acids is 1. The summed E-state index contributed by atoms with van der Waals surface area (Å²) < 4.78 is 31.3. The van der Waals surface area contributed by atoms with Crippen molar-refractivity contribution in [3.63, 3.8) is 0 Å². The van der Waals surface area contributed by atoms with E-state index in [4.69, 9.17) is 9.51 Å². The van der Waals surface area contributed by atoms with E-state index in [0.717, 1.165) is 12.7 Å². The number of aliphatic hydroxyl groups excluding tert-OH is 1. The molecule has 1 aromatic heterocycles. The van der Waals surface area contributed by atoms with Crippen molar-refractivity contribution in [2.45, 2.75) is 44.4 Å². The number of rotatable bonds is 6. The molecule has 0 aliphatic rings. The fraction of sp³-hybridized carbons (Fsp3) is 0.286. The Hall–Kier alpha value is -3.43. The lowest BCUT2D eigenvalue weighted by atomic mass is 9.84. The van der Waals surface area contributed by atoms with Gasteiger partial charge in [0, 0.05) is 16.5 Å². The zero-order chi connectivity index (χ0) is 26.7. The van der Waals surface area contributed by atoms with E-state index in [-0.39, 0.29) is 0 Å². The number of aromatic nitrogens is 1. The summed E-state index contributed by atoms with van der Waals surface area (Å²) in [5.74, 6) is 3.48. The standard InChI is InChI=1S/C28H27FNO5P/c1-18(31)28(26(32)33,36(34)35-5)16-15-22-23(19-11-13-21(29)14-12-19)17-24(20-9-7-6-8-10-20)30-25(22)27(2,3)4/h6-14,17-18,31H,1-5H3/p+1. The Labute approximate surface area is 211 Å². The summed E-state index contributed by atoms with van der Waals surface area (Å²) in [6.45, 7) is 7.03. The largest absolute Gasteiger partial charge is 0.542 e. The molecular weight excluding hydrogens is 480 g/mol. The first-order chi connectivity index (χ1) is 16.9. The average Bonchev–Trinajstić information content (AvgIpc) is 2.84. The van der Waals surface area contributed by atoms with Gasteiger partial charge in [-0.05, 0) is 41.2 Å². The minimum Gasteiger partial charge on any atom is -0.477 e. The summed E-state index contributed by atoms with van der Waals surface area (Å²) in [4.78, 5) is 17.1. The first-order valence-electron chi connectivity index (χ1n) is 11.2. The number of nitrogens with zero attached hydrogens (tertiary/aromatic N) is 1. The van der Waals surface area contributed by atoms with Crippen LogP contribution < -0.4 is 0 Å². The number of benzene rings is 2. The molecular formula is C28H28FNO5P+. The molecule has 0 bridgehead atoms. The van der Waals surface area contributed by atoms with Gasteiger partial charge < -0.3 is 10.2 Å². The number of carboxylic acids is 1. The highest BCUT2D eigenvalue weighted by molar-refractivity contribution is 7.43. The van der Waals surface area contributed by atoms with Crippen molar-refractivity contribution in [3.05, 3.63) is 77.7 Å². The summed E-state index contributed by atoms with van der Waals surface area (Å²) >= 11 is 0. The highest BCUT2D eigenvalue weighted by Crippen LogP contribution is 2.43. The van der Waals surface area contributed by atoms with Crippen molar-refractivity contribution in [1.29, 1.82) is 0 Å². The van der Waals surface area contributed by atoms with Gasteiger partial charge in [-0.1, -0.05) is 69.2 Å². The van der Waals surface area contributed by atoms with Crippen LogP contribution in [0.3, 0.4) is 0 Å². The lowest BCUT2D eigenvalue weighted by Gasteiger charge is -2.23. The number of aliphatic hydroxyl groups is 1. The Bertz CT molecular complexity index is 1340. The third-order valence-corrected chi connectivity index (χ3v) is 7.30. The maximum atomic E-state index is 13.7. The van der Waals surface area contributed by atoms with Gasteiger partial charge in [0.15, 0.2) is 0 Å². The van der Waals surface area contributed by atoms with Crippen LogP contribution in [0.5, 0.6) is 0 Å². The first-order valence-corrected chi connectivity index (χ1v) is 12.4. The van der Waals surface area contributed by atoms with Gasteiger partial charge in [-0.3, -0.25) is 4.98 Å². The summed E-state index contributed by atoms with van der Waals surface area (Å²) in [7, 11) is -1.79. The number of hydrogen-bond acceptors (Lipinski definition) is 5. The molecule has 0 radical (unpaired) electrons. The van der Waals surface area contributed by atoms with E-state index in [0.29, 0.717) is 28.1 Å². The maximum absolute atomic E-state index is 13.7. The van der Waals surface area contributed by atoms with E-state index in [1.165, 1.54) is 19.1 Å². The predicted octanol–water partition coefficient (Wildman–Crippen LogP) is 5.80. The second-order valence-corrected chi connectivity index (χ2v) is 10.9. The Kier molecular flexibility index (Phi) is 8.05. The van der Waals surface area contributed by atoms with E-state index >= 15 is 0 Å². The molecule has 1 heterocycles. The van der Waals surface area contributed by atoms with Crippen LogP contribution in [0.2, 0.25) is 0 Å². The first kappa shape index (κ1) is 27.2. The van der Waals surface area contributed by atoms with Gasteiger partial charge in [0.05, 0.1) is 24.1 Å². The van der Waals surface area contributed by atoms with Crippen LogP contribution in [-0.4, -0.2) is 39.5 Å². The molecule has 3 rings (SSSR count). The quantitative estimate of drug-likeness (QED) is 0.323. The molecule has 0 amide bonds. The highest BCUT2D eigenvalue weighted by Gasteiger charge is 2.62. The zero-order valence-corrected chi connectivity index (χ0v) is 21.6. The number of hydrogen-bond donors (Lipinski definition) is 2. The monoisotopic (exact) mass is 508 g/mol. The molecule has 2 N–H and O–H groups in total. The van der Waals surface area contributed by atoms with Gasteiger partial charge in [-0.2, -0.15) is 0 Å². The van der Waals surface area contributed by atoms with Crippen LogP contribution in [0.4, 0.5) is 4.39 Å². The second-order valence-electron chi connectivity index (χ2n) is 9.34. The van der Waals surface area contributed by atoms with E-state index in [1.54, 1.807) is 12.1 Å². The Morgan fingerprint density at radius 3 is 2.19 bits per heavy atom. The molecule has 3 atom stereocenters. The smallest absolute Gasteiger partial charge is 0.477 e. The molecule has 36 heavy (non-hydrogen) atoms. The summed E-state index contributed by atoms with van der Waals surface area (Å²) in [5.41, 5.74) is 3.17. The fourth-order valence-corrected chi connectivity index (χ4v) is 4.64. The van der Waals surface area contributed by atoms with Gasteiger partial charge >= 0.3 is 19.2 Å². The fourth-order valence-electron chi connectivity index (χ4n) is 3.74. The lowest BCUT2D eigenvalue weighted by Crippen LogP contribution is -2.44. The van der Waals surface area contributed by atoms with Crippen LogP contribution in [0.15, 0.2) is 60.7 Å². The molecule has 0 saturated carbocycles. The number of halogens is 1. The van der Waals surface area contributed by atoms with Gasteiger partial charge in [-0.15, -0.1) is 4.52 Å². The molecule has 186 valence electrons. The van der Waals surface area contributed by atoms with E-state index in [1.807, 2.05) is 57.2 Å². The second kappa shape index (κ2) is 10.7. The SMILES string of the molecule is CO[P+](=O)C(C#Cc1c(-c2ccc(F)cc2)cc(-c2ccccc2)nc1C(C)(C)C)(C(=O)O)C(C)O. The molecule has 0 fully saturated rings. The van der Waals surface area contributed by atoms with E-state index in [9.17, 15) is 24.0 Å². The highest BCUT2D eigenvalue weighted by atomic mass is 31.1. The summed E-state index contributed by atoms with van der Waals surface area (Å²) in [5, 5.41) is 17.9. The van der Waals surface area contributed by atoms with Crippen molar-refractivity contribution < 1.29 is 28.5 Å². The van der Waals surface area contributed by atoms with Crippen LogP contribution in [0.25, 0.3) is 22.4 Å². The molecule has 3 unspecified atom stereocenters. The van der Waals surface area contributed by atoms with Crippen molar-refractivity contribution in [1.82, 2.24) is 4.98 Å². The van der Waals surface area contributed by atoms with Crippen LogP contribution >= 0.6 is 8.03 Å². The van der Waals surface area contributed by atoms with E-state index < -0.39 is 36.5 Å². The zero-order valence-electron chi connectivity index (χ0n) is 20.7. The topological polar surface area (TPSA) is 96.7 Å². The van der Waals surface area contributed by atoms with Gasteiger partial charge in [0.1, 0.15) is 11.9 Å². The number of carboxylic acid groups (broad SMARTS) is 1. The van der Waals surface area contributed by atoms with Crippen molar-refractivity contribution in [3.8, 4) is 34.2 Å². The maximum Gasteiger partial charge on any atom is 0.542 e. The Morgan fingerprint density at radius 1 is 1.08 bits per heavy atom. The van der Waals surface area contributed by atoms with Crippen LogP contribution in [0.1, 0.15) is 39.0 Å². The Morgan fingerprint density at radius 2 is 1.69 bits per heavy atom. The summed E-state index contributed by atoms with van der Waals surface area (Å²) in [6.07, 6.45) is -1.60. The molecule has 2 aromatic carbocycles. The minimum atomic E-state index is -2.89.